The van der Waals surface area contributed by atoms with E-state index in [1.807, 2.05) is 24.1 Å². The van der Waals surface area contributed by atoms with Crippen LogP contribution >= 0.6 is 11.6 Å². The first-order valence-electron chi connectivity index (χ1n) is 5.36. The quantitative estimate of drug-likeness (QED) is 0.774. The van der Waals surface area contributed by atoms with Gasteiger partial charge >= 0.3 is 6.18 Å². The Balaban J connectivity index is 2.30. The van der Waals surface area contributed by atoms with Crippen molar-refractivity contribution in [1.82, 2.24) is 4.90 Å². The number of hydrogen-bond donors (Lipinski definition) is 0. The van der Waals surface area contributed by atoms with Crippen LogP contribution in [-0.2, 0) is 6.54 Å². The van der Waals surface area contributed by atoms with Gasteiger partial charge in [-0.25, -0.2) is 0 Å². The molecule has 0 aliphatic carbocycles. The maximum atomic E-state index is 11.9. The average Bonchev–Trinajstić information content (AvgIpc) is 2.19. The van der Waals surface area contributed by atoms with Gasteiger partial charge in [-0.2, -0.15) is 13.2 Å². The summed E-state index contributed by atoms with van der Waals surface area (Å²) < 4.78 is 35.8. The lowest BCUT2D eigenvalue weighted by Crippen LogP contribution is -2.21. The summed E-state index contributed by atoms with van der Waals surface area (Å²) in [6, 6.07) is 7.31. The minimum atomic E-state index is -4.05. The van der Waals surface area contributed by atoms with E-state index in [4.69, 9.17) is 11.6 Å². The lowest BCUT2D eigenvalue weighted by atomic mass is 10.2. The topological polar surface area (TPSA) is 3.24 Å². The van der Waals surface area contributed by atoms with Crippen molar-refractivity contribution in [3.63, 3.8) is 0 Å². The van der Waals surface area contributed by atoms with Crippen molar-refractivity contribution in [2.24, 2.45) is 0 Å². The van der Waals surface area contributed by atoms with Gasteiger partial charge in [-0.3, -0.25) is 0 Å². The fourth-order valence-corrected chi connectivity index (χ4v) is 1.66. The van der Waals surface area contributed by atoms with Gasteiger partial charge in [-0.05, 0) is 37.7 Å². The fraction of sp³-hybridized carbons (Fsp3) is 0.500. The van der Waals surface area contributed by atoms with Crippen LogP contribution in [0.5, 0.6) is 0 Å². The SMILES string of the molecule is CN(CCCC(F)(F)F)Cc1ccc(Cl)cc1. The molecule has 0 bridgehead atoms. The fourth-order valence-electron chi connectivity index (χ4n) is 1.53. The summed E-state index contributed by atoms with van der Waals surface area (Å²) in [6.45, 7) is 1.07. The molecule has 0 N–H and O–H groups in total. The highest BCUT2D eigenvalue weighted by Gasteiger charge is 2.26. The molecule has 0 saturated heterocycles. The van der Waals surface area contributed by atoms with Crippen LogP contribution in [0.4, 0.5) is 13.2 Å². The lowest BCUT2D eigenvalue weighted by molar-refractivity contribution is -0.136. The summed E-state index contributed by atoms with van der Waals surface area (Å²) in [5.41, 5.74) is 1.05. The van der Waals surface area contributed by atoms with E-state index in [0.717, 1.165) is 5.56 Å². The highest BCUT2D eigenvalue weighted by molar-refractivity contribution is 6.30. The molecule has 0 fully saturated rings. The van der Waals surface area contributed by atoms with Crippen LogP contribution in [0, 0.1) is 0 Å². The van der Waals surface area contributed by atoms with Crippen molar-refractivity contribution in [2.45, 2.75) is 25.6 Å². The second kappa shape index (κ2) is 6.26. The number of benzene rings is 1. The number of halogens is 4. The molecule has 0 spiro atoms. The average molecular weight is 266 g/mol. The Morgan fingerprint density at radius 2 is 1.76 bits per heavy atom. The lowest BCUT2D eigenvalue weighted by Gasteiger charge is -2.17. The maximum Gasteiger partial charge on any atom is 0.389 e. The zero-order valence-electron chi connectivity index (χ0n) is 9.60. The molecular weight excluding hydrogens is 251 g/mol. The first-order valence-corrected chi connectivity index (χ1v) is 5.74. The summed E-state index contributed by atoms with van der Waals surface area (Å²) in [7, 11) is 1.81. The van der Waals surface area contributed by atoms with E-state index in [-0.39, 0.29) is 6.42 Å². The van der Waals surface area contributed by atoms with Crippen LogP contribution in [0.1, 0.15) is 18.4 Å². The molecule has 0 aliphatic rings. The van der Waals surface area contributed by atoms with Gasteiger partial charge in [0.15, 0.2) is 0 Å². The second-order valence-electron chi connectivity index (χ2n) is 4.08. The smallest absolute Gasteiger partial charge is 0.302 e. The normalized spacial score (nSPS) is 12.1. The molecule has 0 amide bonds. The molecule has 17 heavy (non-hydrogen) atoms. The van der Waals surface area contributed by atoms with Crippen LogP contribution < -0.4 is 0 Å². The number of hydrogen-bond acceptors (Lipinski definition) is 1. The first kappa shape index (κ1) is 14.3. The molecule has 1 rings (SSSR count). The minimum absolute atomic E-state index is 0.133. The molecule has 96 valence electrons. The number of alkyl halides is 3. The van der Waals surface area contributed by atoms with E-state index in [9.17, 15) is 13.2 Å². The second-order valence-corrected chi connectivity index (χ2v) is 4.52. The van der Waals surface area contributed by atoms with Gasteiger partial charge in [0.25, 0.3) is 0 Å². The number of rotatable bonds is 5. The molecule has 0 aromatic heterocycles. The Morgan fingerprint density at radius 3 is 2.29 bits per heavy atom. The highest BCUT2D eigenvalue weighted by Crippen LogP contribution is 2.21. The Kier molecular flexibility index (Phi) is 5.28. The zero-order chi connectivity index (χ0) is 12.9. The summed E-state index contributed by atoms with van der Waals surface area (Å²) in [5, 5.41) is 0.661. The Bertz CT molecular complexity index is 335. The van der Waals surface area contributed by atoms with Gasteiger partial charge in [0.2, 0.25) is 0 Å². The summed E-state index contributed by atoms with van der Waals surface area (Å²) in [5.74, 6) is 0. The highest BCUT2D eigenvalue weighted by atomic mass is 35.5. The van der Waals surface area contributed by atoms with Crippen molar-refractivity contribution in [3.8, 4) is 0 Å². The van der Waals surface area contributed by atoms with Gasteiger partial charge in [0.1, 0.15) is 0 Å². The van der Waals surface area contributed by atoms with Crippen LogP contribution in [0.3, 0.4) is 0 Å². The molecule has 5 heteroatoms. The standard InChI is InChI=1S/C12H15ClF3N/c1-17(8-2-7-12(14,15)16)9-10-3-5-11(13)6-4-10/h3-6H,2,7-9H2,1H3. The summed E-state index contributed by atoms with van der Waals surface area (Å²) in [4.78, 5) is 1.87. The number of nitrogens with zero attached hydrogens (tertiary/aromatic N) is 1. The van der Waals surface area contributed by atoms with E-state index in [1.165, 1.54) is 0 Å². The Labute approximate surface area is 104 Å². The van der Waals surface area contributed by atoms with Gasteiger partial charge in [0.05, 0.1) is 0 Å². The van der Waals surface area contributed by atoms with Crippen LogP contribution in [-0.4, -0.2) is 24.7 Å². The zero-order valence-corrected chi connectivity index (χ0v) is 10.4. The summed E-state index contributed by atoms with van der Waals surface area (Å²) in [6.07, 6.45) is -4.65. The van der Waals surface area contributed by atoms with Crippen molar-refractivity contribution in [3.05, 3.63) is 34.9 Å². The monoisotopic (exact) mass is 265 g/mol. The molecule has 1 aromatic carbocycles. The predicted molar refractivity (Wildman–Crippen MR) is 63.1 cm³/mol. The van der Waals surface area contributed by atoms with E-state index >= 15 is 0 Å². The molecule has 0 heterocycles. The van der Waals surface area contributed by atoms with E-state index in [0.29, 0.717) is 18.1 Å². The van der Waals surface area contributed by atoms with Crippen molar-refractivity contribution >= 4 is 11.6 Å². The van der Waals surface area contributed by atoms with Gasteiger partial charge in [-0.1, -0.05) is 23.7 Å². The van der Waals surface area contributed by atoms with Crippen molar-refractivity contribution < 1.29 is 13.2 Å². The molecular formula is C12H15ClF3N. The Hall–Kier alpha value is -0.740. The van der Waals surface area contributed by atoms with Crippen LogP contribution in [0.25, 0.3) is 0 Å². The van der Waals surface area contributed by atoms with Crippen molar-refractivity contribution in [2.75, 3.05) is 13.6 Å². The molecule has 0 saturated carbocycles. The third-order valence-corrected chi connectivity index (χ3v) is 2.62. The Morgan fingerprint density at radius 1 is 1.18 bits per heavy atom. The maximum absolute atomic E-state index is 11.9. The van der Waals surface area contributed by atoms with Crippen molar-refractivity contribution in [1.29, 1.82) is 0 Å². The van der Waals surface area contributed by atoms with Gasteiger partial charge in [0, 0.05) is 18.0 Å². The first-order chi connectivity index (χ1) is 7.87. The third-order valence-electron chi connectivity index (χ3n) is 2.37. The van der Waals surface area contributed by atoms with E-state index in [2.05, 4.69) is 0 Å². The summed E-state index contributed by atoms with van der Waals surface area (Å²) >= 11 is 5.74. The molecule has 1 aromatic rings. The largest absolute Gasteiger partial charge is 0.389 e. The third kappa shape index (κ3) is 6.54. The molecule has 0 atom stereocenters. The van der Waals surface area contributed by atoms with E-state index in [1.54, 1.807) is 12.1 Å². The molecule has 0 unspecified atom stereocenters. The molecule has 0 radical (unpaired) electrons. The van der Waals surface area contributed by atoms with Crippen LogP contribution in [0.15, 0.2) is 24.3 Å². The molecule has 1 nitrogen and oxygen atoms in total. The van der Waals surface area contributed by atoms with E-state index < -0.39 is 12.6 Å². The van der Waals surface area contributed by atoms with Gasteiger partial charge < -0.3 is 4.90 Å². The predicted octanol–water partition coefficient (Wildman–Crippen LogP) is 4.11. The van der Waals surface area contributed by atoms with Crippen LogP contribution in [0.2, 0.25) is 5.02 Å². The molecule has 0 aliphatic heterocycles. The van der Waals surface area contributed by atoms with Gasteiger partial charge in [-0.15, -0.1) is 0 Å². The minimum Gasteiger partial charge on any atom is -0.302 e.